The molecule has 2 atom stereocenters. The summed E-state index contributed by atoms with van der Waals surface area (Å²) in [6.07, 6.45) is 3.82. The van der Waals surface area contributed by atoms with Gasteiger partial charge in [-0.25, -0.2) is 4.18 Å². The monoisotopic (exact) mass is 409 g/mol. The molecular weight excluding hydrogens is 387 g/mol. The van der Waals surface area contributed by atoms with Crippen LogP contribution in [-0.2, 0) is 23.8 Å². The zero-order valence-electron chi connectivity index (χ0n) is 15.7. The van der Waals surface area contributed by atoms with Gasteiger partial charge in [0.2, 0.25) is 0 Å². The molecule has 1 aliphatic carbocycles. The van der Waals surface area contributed by atoms with Crippen LogP contribution >= 0.6 is 0 Å². The first-order chi connectivity index (χ1) is 12.1. The SMILES string of the molecule is COC1(OS(=O)(=O)C(F)(F)F)C=C2CC(C)(C)N=CC2C2=C1OC(C)(C)C2. The van der Waals surface area contributed by atoms with E-state index in [0.717, 1.165) is 7.11 Å². The predicted octanol–water partition coefficient (Wildman–Crippen LogP) is 3.46. The van der Waals surface area contributed by atoms with Crippen molar-refractivity contribution in [1.29, 1.82) is 0 Å². The van der Waals surface area contributed by atoms with E-state index in [2.05, 4.69) is 9.18 Å². The van der Waals surface area contributed by atoms with E-state index in [-0.39, 0.29) is 11.7 Å². The smallest absolute Gasteiger partial charge is 0.486 e. The predicted molar refractivity (Wildman–Crippen MR) is 91.4 cm³/mol. The van der Waals surface area contributed by atoms with Gasteiger partial charge < -0.3 is 9.47 Å². The van der Waals surface area contributed by atoms with Gasteiger partial charge in [-0.3, -0.25) is 4.99 Å². The molecule has 27 heavy (non-hydrogen) atoms. The standard InChI is InChI=1S/C17H22F3NO5S/c1-14(2)6-10-7-16(24-5,26-27(22,23)17(18,19)20)13-11(12(10)9-21-14)8-15(3,4)25-13/h7,9,12H,6,8H2,1-5H3. The molecule has 2 aliphatic heterocycles. The maximum Gasteiger partial charge on any atom is 0.523 e. The lowest BCUT2D eigenvalue weighted by atomic mass is 9.75. The van der Waals surface area contributed by atoms with Crippen molar-refractivity contribution in [3.05, 3.63) is 23.0 Å². The lowest BCUT2D eigenvalue weighted by Gasteiger charge is -2.39. The van der Waals surface area contributed by atoms with Crippen molar-refractivity contribution in [3.63, 3.8) is 0 Å². The Balaban J connectivity index is 2.16. The molecule has 0 fully saturated rings. The van der Waals surface area contributed by atoms with Crippen molar-refractivity contribution in [3.8, 4) is 0 Å². The molecule has 3 rings (SSSR count). The highest BCUT2D eigenvalue weighted by Gasteiger charge is 2.58. The van der Waals surface area contributed by atoms with Gasteiger partial charge in [-0.1, -0.05) is 5.57 Å². The highest BCUT2D eigenvalue weighted by molar-refractivity contribution is 7.87. The normalized spacial score (nSPS) is 31.9. The molecule has 2 heterocycles. The summed E-state index contributed by atoms with van der Waals surface area (Å²) in [6.45, 7) is 7.27. The molecular formula is C17H22F3NO5S. The Morgan fingerprint density at radius 2 is 1.85 bits per heavy atom. The molecule has 0 radical (unpaired) electrons. The first-order valence-corrected chi connectivity index (χ1v) is 9.79. The van der Waals surface area contributed by atoms with Crippen LogP contribution < -0.4 is 0 Å². The summed E-state index contributed by atoms with van der Waals surface area (Å²) in [5.74, 6) is -2.64. The molecule has 0 saturated carbocycles. The number of fused-ring (bicyclic) bond motifs is 2. The molecule has 2 unspecified atom stereocenters. The van der Waals surface area contributed by atoms with Crippen molar-refractivity contribution in [1.82, 2.24) is 0 Å². The lowest BCUT2D eigenvalue weighted by molar-refractivity contribution is -0.149. The van der Waals surface area contributed by atoms with Gasteiger partial charge in [-0.2, -0.15) is 21.6 Å². The maximum absolute atomic E-state index is 13.0. The third-order valence-corrected chi connectivity index (χ3v) is 5.82. The van der Waals surface area contributed by atoms with Crippen LogP contribution in [0, 0.1) is 5.92 Å². The summed E-state index contributed by atoms with van der Waals surface area (Å²) in [7, 11) is -4.84. The Hall–Kier alpha value is -1.39. The number of alkyl halides is 3. The van der Waals surface area contributed by atoms with E-state index in [1.807, 2.05) is 13.8 Å². The molecule has 0 bridgehead atoms. The fourth-order valence-electron chi connectivity index (χ4n) is 3.71. The summed E-state index contributed by atoms with van der Waals surface area (Å²) in [5, 5.41) is 0. The Bertz CT molecular complexity index is 854. The fourth-order valence-corrected chi connectivity index (χ4v) is 4.32. The second-order valence-electron chi connectivity index (χ2n) is 8.21. The molecule has 0 N–H and O–H groups in total. The molecule has 6 nitrogen and oxygen atoms in total. The van der Waals surface area contributed by atoms with Gasteiger partial charge in [-0.15, -0.1) is 0 Å². The average Bonchev–Trinajstić information content (AvgIpc) is 2.80. The second-order valence-corrected chi connectivity index (χ2v) is 9.75. The van der Waals surface area contributed by atoms with Crippen LogP contribution in [0.1, 0.15) is 40.5 Å². The van der Waals surface area contributed by atoms with Crippen molar-refractivity contribution in [2.45, 2.75) is 63.0 Å². The minimum absolute atomic E-state index is 0.0530. The van der Waals surface area contributed by atoms with E-state index < -0.39 is 32.6 Å². The third-order valence-electron chi connectivity index (χ3n) is 4.78. The van der Waals surface area contributed by atoms with Gasteiger partial charge in [-0.05, 0) is 45.8 Å². The van der Waals surface area contributed by atoms with E-state index in [1.54, 1.807) is 20.1 Å². The Kier molecular flexibility index (Phi) is 4.38. The summed E-state index contributed by atoms with van der Waals surface area (Å²) in [5.41, 5.74) is -5.50. The Morgan fingerprint density at radius 1 is 1.22 bits per heavy atom. The molecule has 3 aliphatic rings. The first-order valence-electron chi connectivity index (χ1n) is 8.38. The van der Waals surface area contributed by atoms with Crippen molar-refractivity contribution < 1.29 is 35.2 Å². The van der Waals surface area contributed by atoms with Crippen LogP contribution in [0.25, 0.3) is 0 Å². The van der Waals surface area contributed by atoms with E-state index in [4.69, 9.17) is 9.47 Å². The van der Waals surface area contributed by atoms with E-state index in [0.29, 0.717) is 24.0 Å². The lowest BCUT2D eigenvalue weighted by Crippen LogP contribution is -2.45. The number of nitrogens with zero attached hydrogens (tertiary/aromatic N) is 1. The van der Waals surface area contributed by atoms with Crippen molar-refractivity contribution in [2.75, 3.05) is 7.11 Å². The van der Waals surface area contributed by atoms with E-state index >= 15 is 0 Å². The first kappa shape index (κ1) is 20.3. The van der Waals surface area contributed by atoms with Crippen LogP contribution in [0.15, 0.2) is 28.0 Å². The molecule has 0 aromatic carbocycles. The number of halogens is 3. The van der Waals surface area contributed by atoms with Crippen LogP contribution in [0.5, 0.6) is 0 Å². The Labute approximate surface area is 156 Å². The van der Waals surface area contributed by atoms with Gasteiger partial charge >= 0.3 is 15.6 Å². The van der Waals surface area contributed by atoms with Crippen LogP contribution in [-0.4, -0.2) is 44.2 Å². The van der Waals surface area contributed by atoms with Gasteiger partial charge in [0.05, 0.1) is 5.54 Å². The van der Waals surface area contributed by atoms with Gasteiger partial charge in [0, 0.05) is 25.7 Å². The zero-order chi connectivity index (χ0) is 20.5. The molecule has 0 aromatic rings. The van der Waals surface area contributed by atoms with Crippen LogP contribution in [0.3, 0.4) is 0 Å². The average molecular weight is 409 g/mol. The number of hydrogen-bond donors (Lipinski definition) is 0. The maximum atomic E-state index is 13.0. The summed E-state index contributed by atoms with van der Waals surface area (Å²) in [4.78, 5) is 4.51. The third kappa shape index (κ3) is 3.42. The quantitative estimate of drug-likeness (QED) is 0.309. The molecule has 0 amide bonds. The van der Waals surface area contributed by atoms with Gasteiger partial charge in [0.1, 0.15) is 5.60 Å². The summed E-state index contributed by atoms with van der Waals surface area (Å²) < 4.78 is 78.1. The molecule has 152 valence electrons. The second kappa shape index (κ2) is 5.81. The topological polar surface area (TPSA) is 74.2 Å². The molecule has 0 spiro atoms. The summed E-state index contributed by atoms with van der Waals surface area (Å²) in [6, 6.07) is 0. The largest absolute Gasteiger partial charge is 0.523 e. The summed E-state index contributed by atoms with van der Waals surface area (Å²) >= 11 is 0. The van der Waals surface area contributed by atoms with E-state index in [9.17, 15) is 21.6 Å². The van der Waals surface area contributed by atoms with Crippen LogP contribution in [0.2, 0.25) is 0 Å². The van der Waals surface area contributed by atoms with Gasteiger partial charge in [0.15, 0.2) is 5.76 Å². The number of methoxy groups -OCH3 is 1. The number of rotatable bonds is 3. The van der Waals surface area contributed by atoms with Crippen molar-refractivity contribution >= 4 is 16.3 Å². The van der Waals surface area contributed by atoms with Crippen molar-refractivity contribution in [2.24, 2.45) is 10.9 Å². The fraction of sp³-hybridized carbons (Fsp3) is 0.706. The van der Waals surface area contributed by atoms with E-state index in [1.165, 1.54) is 6.08 Å². The number of aliphatic imine (C=N–C) groups is 1. The highest BCUT2D eigenvalue weighted by atomic mass is 32.2. The van der Waals surface area contributed by atoms with Crippen LogP contribution in [0.4, 0.5) is 13.2 Å². The molecule has 0 aromatic heterocycles. The highest BCUT2D eigenvalue weighted by Crippen LogP contribution is 2.52. The number of hydrogen-bond acceptors (Lipinski definition) is 6. The minimum atomic E-state index is -5.93. The van der Waals surface area contributed by atoms with Gasteiger partial charge in [0.25, 0.3) is 5.79 Å². The Morgan fingerprint density at radius 3 is 2.41 bits per heavy atom. The zero-order valence-corrected chi connectivity index (χ0v) is 16.5. The number of ether oxygens (including phenoxy) is 2. The molecule has 0 saturated heterocycles. The molecule has 10 heteroatoms. The minimum Gasteiger partial charge on any atom is -0.486 e.